The molecule has 2 aromatic rings. The molecule has 0 radical (unpaired) electrons. The first-order chi connectivity index (χ1) is 9.87. The smallest absolute Gasteiger partial charge is 0.263 e. The molecule has 0 atom stereocenters. The van der Waals surface area contributed by atoms with E-state index in [1.807, 2.05) is 6.92 Å². The van der Waals surface area contributed by atoms with Crippen LogP contribution in [0.25, 0.3) is 0 Å². The zero-order valence-corrected chi connectivity index (χ0v) is 13.3. The molecule has 6 nitrogen and oxygen atoms in total. The minimum absolute atomic E-state index is 0.0715. The highest BCUT2D eigenvalue weighted by atomic mass is 35.5. The number of aromatic nitrogens is 2. The van der Waals surface area contributed by atoms with E-state index in [1.165, 1.54) is 6.07 Å². The van der Waals surface area contributed by atoms with Crippen LogP contribution in [-0.2, 0) is 23.0 Å². The van der Waals surface area contributed by atoms with Crippen LogP contribution in [-0.4, -0.2) is 18.6 Å². The lowest BCUT2D eigenvalue weighted by Gasteiger charge is -2.08. The van der Waals surface area contributed by atoms with Gasteiger partial charge in [0.2, 0.25) is 5.13 Å². The highest BCUT2D eigenvalue weighted by Crippen LogP contribution is 2.26. The third kappa shape index (κ3) is 3.49. The Morgan fingerprint density at radius 3 is 2.71 bits per heavy atom. The molecular formula is C11H12ClFN4O2S2. The monoisotopic (exact) mass is 350 g/mol. The van der Waals surface area contributed by atoms with Gasteiger partial charge in [-0.3, -0.25) is 4.72 Å². The van der Waals surface area contributed by atoms with E-state index < -0.39 is 15.8 Å². The maximum Gasteiger partial charge on any atom is 0.263 e. The first-order valence-corrected chi connectivity index (χ1v) is 8.58. The van der Waals surface area contributed by atoms with Gasteiger partial charge in [-0.05, 0) is 24.1 Å². The van der Waals surface area contributed by atoms with Gasteiger partial charge in [0.1, 0.15) is 10.8 Å². The maximum absolute atomic E-state index is 13.6. The molecule has 0 aliphatic rings. The van der Waals surface area contributed by atoms with Crippen molar-refractivity contribution in [3.63, 3.8) is 0 Å². The van der Waals surface area contributed by atoms with Gasteiger partial charge in [-0.1, -0.05) is 29.9 Å². The SMILES string of the molecule is CCc1nnc(NS(=O)(=O)c2cc(F)c(Cl)c(CN)c2)s1. The Balaban J connectivity index is 2.37. The Labute approximate surface area is 130 Å². The van der Waals surface area contributed by atoms with Crippen LogP contribution in [0.1, 0.15) is 17.5 Å². The molecule has 1 heterocycles. The normalized spacial score (nSPS) is 11.6. The van der Waals surface area contributed by atoms with Gasteiger partial charge < -0.3 is 5.73 Å². The molecule has 0 spiro atoms. The topological polar surface area (TPSA) is 98.0 Å². The van der Waals surface area contributed by atoms with E-state index in [2.05, 4.69) is 14.9 Å². The highest BCUT2D eigenvalue weighted by molar-refractivity contribution is 7.93. The van der Waals surface area contributed by atoms with Crippen molar-refractivity contribution in [1.29, 1.82) is 0 Å². The minimum Gasteiger partial charge on any atom is -0.326 e. The van der Waals surface area contributed by atoms with Crippen molar-refractivity contribution < 1.29 is 12.8 Å². The number of benzene rings is 1. The number of rotatable bonds is 5. The predicted molar refractivity (Wildman–Crippen MR) is 79.4 cm³/mol. The number of hydrogen-bond acceptors (Lipinski definition) is 6. The summed E-state index contributed by atoms with van der Waals surface area (Å²) in [6.07, 6.45) is 0.645. The third-order valence-electron chi connectivity index (χ3n) is 2.60. The van der Waals surface area contributed by atoms with Crippen LogP contribution in [0.5, 0.6) is 0 Å². The molecule has 0 fully saturated rings. The van der Waals surface area contributed by atoms with Crippen LogP contribution in [0.15, 0.2) is 17.0 Å². The summed E-state index contributed by atoms with van der Waals surface area (Å²) < 4.78 is 40.3. The lowest BCUT2D eigenvalue weighted by Crippen LogP contribution is -2.14. The number of nitrogens with one attached hydrogen (secondary N) is 1. The van der Waals surface area contributed by atoms with Crippen molar-refractivity contribution in [2.45, 2.75) is 24.8 Å². The maximum atomic E-state index is 13.6. The van der Waals surface area contributed by atoms with Crippen molar-refractivity contribution in [1.82, 2.24) is 10.2 Å². The van der Waals surface area contributed by atoms with Crippen molar-refractivity contribution in [2.75, 3.05) is 4.72 Å². The van der Waals surface area contributed by atoms with Crippen LogP contribution in [0.2, 0.25) is 5.02 Å². The standard InChI is InChI=1S/C11H12ClFN4O2S2/c1-2-9-15-16-11(20-9)17-21(18,19)7-3-6(5-14)10(12)8(13)4-7/h3-4H,2,5,14H2,1H3,(H,16,17). The second-order valence-electron chi connectivity index (χ2n) is 4.04. The largest absolute Gasteiger partial charge is 0.326 e. The van der Waals surface area contributed by atoms with E-state index >= 15 is 0 Å². The highest BCUT2D eigenvalue weighted by Gasteiger charge is 2.20. The Kier molecular flexibility index (Phi) is 4.77. The number of nitrogens with zero attached hydrogens (tertiary/aromatic N) is 2. The second kappa shape index (κ2) is 6.22. The Hall–Kier alpha value is -1.29. The number of nitrogens with two attached hydrogens (primary N) is 1. The first kappa shape index (κ1) is 16.1. The van der Waals surface area contributed by atoms with Crippen LogP contribution in [0, 0.1) is 5.82 Å². The summed E-state index contributed by atoms with van der Waals surface area (Å²) in [6.45, 7) is 1.80. The van der Waals surface area contributed by atoms with Gasteiger partial charge >= 0.3 is 0 Å². The van der Waals surface area contributed by atoms with Gasteiger partial charge in [0, 0.05) is 6.54 Å². The lowest BCUT2D eigenvalue weighted by atomic mass is 10.2. The van der Waals surface area contributed by atoms with Crippen molar-refractivity contribution in [2.24, 2.45) is 5.73 Å². The molecule has 10 heteroatoms. The minimum atomic E-state index is -3.98. The Morgan fingerprint density at radius 2 is 2.14 bits per heavy atom. The quantitative estimate of drug-likeness (QED) is 0.861. The second-order valence-corrected chi connectivity index (χ2v) is 7.16. The summed E-state index contributed by atoms with van der Waals surface area (Å²) in [7, 11) is -3.98. The molecule has 1 aromatic carbocycles. The van der Waals surface area contributed by atoms with Gasteiger partial charge in [-0.2, -0.15) is 0 Å². The van der Waals surface area contributed by atoms with Gasteiger partial charge in [-0.15, -0.1) is 10.2 Å². The number of anilines is 1. The molecule has 0 aliphatic carbocycles. The van der Waals surface area contributed by atoms with Crippen LogP contribution >= 0.6 is 22.9 Å². The molecule has 3 N–H and O–H groups in total. The van der Waals surface area contributed by atoms with E-state index in [0.29, 0.717) is 11.4 Å². The average Bonchev–Trinajstić information content (AvgIpc) is 2.88. The van der Waals surface area contributed by atoms with E-state index in [4.69, 9.17) is 17.3 Å². The van der Waals surface area contributed by atoms with Gasteiger partial charge in [0.15, 0.2) is 0 Å². The molecular weight excluding hydrogens is 339 g/mol. The Morgan fingerprint density at radius 1 is 1.43 bits per heavy atom. The van der Waals surface area contributed by atoms with Crippen LogP contribution in [0.3, 0.4) is 0 Å². The van der Waals surface area contributed by atoms with E-state index in [-0.39, 0.29) is 27.2 Å². The lowest BCUT2D eigenvalue weighted by molar-refractivity contribution is 0.594. The third-order valence-corrected chi connectivity index (χ3v) is 5.45. The molecule has 114 valence electrons. The van der Waals surface area contributed by atoms with Crippen LogP contribution < -0.4 is 10.5 Å². The number of hydrogen-bond donors (Lipinski definition) is 2. The average molecular weight is 351 g/mol. The number of sulfonamides is 1. The Bertz CT molecular complexity index is 764. The molecule has 0 bridgehead atoms. The fourth-order valence-corrected chi connectivity index (χ4v) is 3.69. The summed E-state index contributed by atoms with van der Waals surface area (Å²) in [5, 5.41) is 8.15. The zero-order chi connectivity index (χ0) is 15.6. The summed E-state index contributed by atoms with van der Waals surface area (Å²) in [5.41, 5.74) is 5.63. The molecule has 1 aromatic heterocycles. The zero-order valence-electron chi connectivity index (χ0n) is 10.9. The summed E-state index contributed by atoms with van der Waals surface area (Å²) in [5.74, 6) is -0.841. The predicted octanol–water partition coefficient (Wildman–Crippen LogP) is 2.15. The fraction of sp³-hybridized carbons (Fsp3) is 0.273. The van der Waals surface area contributed by atoms with E-state index in [9.17, 15) is 12.8 Å². The number of aryl methyl sites for hydroxylation is 1. The molecule has 0 saturated carbocycles. The molecule has 0 aliphatic heterocycles. The van der Waals surface area contributed by atoms with Crippen LogP contribution in [0.4, 0.5) is 9.52 Å². The van der Waals surface area contributed by atoms with Crippen molar-refractivity contribution in [3.8, 4) is 0 Å². The summed E-state index contributed by atoms with van der Waals surface area (Å²) in [6, 6.07) is 2.07. The van der Waals surface area contributed by atoms with E-state index in [1.54, 1.807) is 0 Å². The molecule has 0 saturated heterocycles. The van der Waals surface area contributed by atoms with Crippen molar-refractivity contribution >= 4 is 38.1 Å². The molecule has 2 rings (SSSR count). The van der Waals surface area contributed by atoms with Gasteiger partial charge in [0.05, 0.1) is 9.92 Å². The van der Waals surface area contributed by atoms with Gasteiger partial charge in [-0.25, -0.2) is 12.8 Å². The first-order valence-electron chi connectivity index (χ1n) is 5.90. The van der Waals surface area contributed by atoms with Crippen molar-refractivity contribution in [3.05, 3.63) is 33.5 Å². The molecule has 0 amide bonds. The summed E-state index contributed by atoms with van der Waals surface area (Å²) in [4.78, 5) is -0.266. The van der Waals surface area contributed by atoms with E-state index in [0.717, 1.165) is 17.4 Å². The summed E-state index contributed by atoms with van der Waals surface area (Å²) >= 11 is 6.82. The fourth-order valence-electron chi connectivity index (χ4n) is 1.53. The molecule has 21 heavy (non-hydrogen) atoms. The van der Waals surface area contributed by atoms with Gasteiger partial charge in [0.25, 0.3) is 10.0 Å². The number of halogens is 2. The molecule has 0 unspecified atom stereocenters.